The van der Waals surface area contributed by atoms with E-state index in [0.717, 1.165) is 0 Å². The first-order valence-electron chi connectivity index (χ1n) is 12.7. The number of aromatic nitrogens is 3. The van der Waals surface area contributed by atoms with Crippen LogP contribution in [0.5, 0.6) is 11.5 Å². The van der Waals surface area contributed by atoms with E-state index < -0.39 is 29.5 Å². The Bertz CT molecular complexity index is 1760. The summed E-state index contributed by atoms with van der Waals surface area (Å²) in [5, 5.41) is 11.0. The third kappa shape index (κ3) is 5.42. The molecule has 41 heavy (non-hydrogen) atoms. The maximum absolute atomic E-state index is 14.9. The van der Waals surface area contributed by atoms with Gasteiger partial charge in [-0.2, -0.15) is 0 Å². The molecular formula is C30H23F2N5O4. The van der Waals surface area contributed by atoms with Gasteiger partial charge in [-0.05, 0) is 48.0 Å². The number of ether oxygens (including phenoxy) is 2. The first-order valence-corrected chi connectivity index (χ1v) is 12.7. The maximum atomic E-state index is 14.9. The van der Waals surface area contributed by atoms with Crippen LogP contribution in [0.4, 0.5) is 14.5 Å². The molecular weight excluding hydrogens is 532 g/mol. The van der Waals surface area contributed by atoms with Gasteiger partial charge in [-0.3, -0.25) is 9.59 Å². The van der Waals surface area contributed by atoms with Gasteiger partial charge in [-0.15, -0.1) is 5.10 Å². The molecule has 1 N–H and O–H groups in total. The smallest absolute Gasteiger partial charge is 0.251 e. The average Bonchev–Trinajstić information content (AvgIpc) is 3.60. The van der Waals surface area contributed by atoms with Gasteiger partial charge < -0.3 is 19.7 Å². The minimum atomic E-state index is -1.34. The Hall–Kier alpha value is -5.32. The lowest BCUT2D eigenvalue weighted by atomic mass is 10.0. The van der Waals surface area contributed by atoms with E-state index in [-0.39, 0.29) is 31.0 Å². The number of anilines is 1. The number of amides is 2. The van der Waals surface area contributed by atoms with Gasteiger partial charge in [0, 0.05) is 23.9 Å². The lowest BCUT2D eigenvalue weighted by Gasteiger charge is -2.32. The highest BCUT2D eigenvalue weighted by molar-refractivity contribution is 5.98. The molecule has 2 heterocycles. The molecule has 5 aromatic rings. The quantitative estimate of drug-likeness (QED) is 0.294. The standard InChI is InChI=1S/C30H23F2N5O4/c31-21-8-5-7-19(14-21)29(30(39)33-22-12-13-26-27(15-22)41-18-40-26)36(16-20-6-1-2-9-23(20)32)28(38)17-37-25-11-4-3-10-24(25)34-35-37/h1-15,29H,16-18H2,(H,33,39). The van der Waals surface area contributed by atoms with Gasteiger partial charge in [0.2, 0.25) is 12.7 Å². The number of fused-ring (bicyclic) bond motifs is 2. The Morgan fingerprint density at radius 3 is 2.59 bits per heavy atom. The highest BCUT2D eigenvalue weighted by Crippen LogP contribution is 2.35. The van der Waals surface area contributed by atoms with Crippen LogP contribution in [0.15, 0.2) is 91.0 Å². The van der Waals surface area contributed by atoms with Crippen LogP contribution in [0.1, 0.15) is 17.2 Å². The lowest BCUT2D eigenvalue weighted by Crippen LogP contribution is -2.42. The summed E-state index contributed by atoms with van der Waals surface area (Å²) < 4.78 is 41.5. The van der Waals surface area contributed by atoms with Crippen LogP contribution in [0.3, 0.4) is 0 Å². The largest absolute Gasteiger partial charge is 0.454 e. The van der Waals surface area contributed by atoms with Crippen molar-refractivity contribution in [3.05, 3.63) is 114 Å². The monoisotopic (exact) mass is 555 g/mol. The lowest BCUT2D eigenvalue weighted by molar-refractivity contribution is -0.140. The molecule has 6 rings (SSSR count). The topological polar surface area (TPSA) is 98.6 Å². The minimum absolute atomic E-state index is 0.0561. The summed E-state index contributed by atoms with van der Waals surface area (Å²) in [6.45, 7) is -0.507. The number of rotatable bonds is 8. The van der Waals surface area contributed by atoms with E-state index in [0.29, 0.717) is 28.2 Å². The van der Waals surface area contributed by atoms with Crippen LogP contribution in [0.25, 0.3) is 11.0 Å². The second-order valence-corrected chi connectivity index (χ2v) is 9.36. The van der Waals surface area contributed by atoms with Gasteiger partial charge in [-0.1, -0.05) is 47.7 Å². The van der Waals surface area contributed by atoms with Crippen molar-refractivity contribution in [3.63, 3.8) is 0 Å². The summed E-state index contributed by atoms with van der Waals surface area (Å²) >= 11 is 0. The first-order chi connectivity index (χ1) is 20.0. The molecule has 0 fully saturated rings. The molecule has 4 aromatic carbocycles. The van der Waals surface area contributed by atoms with Crippen molar-refractivity contribution in [2.75, 3.05) is 12.1 Å². The van der Waals surface area contributed by atoms with Crippen molar-refractivity contribution in [1.29, 1.82) is 0 Å². The van der Waals surface area contributed by atoms with Gasteiger partial charge in [0.15, 0.2) is 11.5 Å². The summed E-state index contributed by atoms with van der Waals surface area (Å²) in [4.78, 5) is 29.1. The normalized spacial score (nSPS) is 12.7. The van der Waals surface area contributed by atoms with Crippen molar-refractivity contribution in [2.45, 2.75) is 19.1 Å². The van der Waals surface area contributed by atoms with E-state index >= 15 is 0 Å². The van der Waals surface area contributed by atoms with Crippen LogP contribution in [0, 0.1) is 11.6 Å². The molecule has 0 radical (unpaired) electrons. The molecule has 2 amide bonds. The third-order valence-corrected chi connectivity index (χ3v) is 6.69. The van der Waals surface area contributed by atoms with Crippen LogP contribution >= 0.6 is 0 Å². The molecule has 0 spiro atoms. The fourth-order valence-corrected chi connectivity index (χ4v) is 4.72. The number of carbonyl (C=O) groups is 2. The zero-order chi connectivity index (χ0) is 28.3. The van der Waals surface area contributed by atoms with Crippen LogP contribution in [0.2, 0.25) is 0 Å². The Morgan fingerprint density at radius 2 is 1.73 bits per heavy atom. The molecule has 1 aromatic heterocycles. The molecule has 1 unspecified atom stereocenters. The van der Waals surface area contributed by atoms with Crippen LogP contribution < -0.4 is 14.8 Å². The fraction of sp³-hybridized carbons (Fsp3) is 0.133. The number of benzene rings is 4. The Morgan fingerprint density at radius 1 is 0.927 bits per heavy atom. The summed E-state index contributed by atoms with van der Waals surface area (Å²) in [6, 6.07) is 22.0. The van der Waals surface area contributed by atoms with E-state index in [1.165, 1.54) is 46.0 Å². The summed E-state index contributed by atoms with van der Waals surface area (Å²) in [6.07, 6.45) is 0. The van der Waals surface area contributed by atoms with Gasteiger partial charge in [0.1, 0.15) is 29.7 Å². The summed E-state index contributed by atoms with van der Waals surface area (Å²) in [5.74, 6) is -1.36. The number of halogens is 2. The molecule has 11 heteroatoms. The predicted octanol–water partition coefficient (Wildman–Crippen LogP) is 4.85. The number of hydrogen-bond acceptors (Lipinski definition) is 6. The highest BCUT2D eigenvalue weighted by atomic mass is 19.1. The van der Waals surface area contributed by atoms with Gasteiger partial charge in [0.25, 0.3) is 5.91 Å². The molecule has 9 nitrogen and oxygen atoms in total. The summed E-state index contributed by atoms with van der Waals surface area (Å²) in [5.41, 5.74) is 1.96. The number of carbonyl (C=O) groups excluding carboxylic acids is 2. The molecule has 1 aliphatic heterocycles. The average molecular weight is 556 g/mol. The molecule has 1 aliphatic rings. The Labute approximate surface area is 232 Å². The predicted molar refractivity (Wildman–Crippen MR) is 145 cm³/mol. The number of nitrogens with one attached hydrogen (secondary N) is 1. The molecule has 0 saturated carbocycles. The molecule has 1 atom stereocenters. The van der Waals surface area contributed by atoms with Crippen molar-refractivity contribution in [1.82, 2.24) is 19.9 Å². The molecule has 0 saturated heterocycles. The van der Waals surface area contributed by atoms with Gasteiger partial charge in [-0.25, -0.2) is 13.5 Å². The zero-order valence-electron chi connectivity index (χ0n) is 21.5. The van der Waals surface area contributed by atoms with E-state index in [1.54, 1.807) is 54.6 Å². The third-order valence-electron chi connectivity index (χ3n) is 6.69. The molecule has 0 bridgehead atoms. The number of hydrogen-bond donors (Lipinski definition) is 1. The Balaban J connectivity index is 1.40. The SMILES string of the molecule is O=C(Nc1ccc2c(c1)OCO2)C(c1cccc(F)c1)N(Cc1ccccc1F)C(=O)Cn1nnc2ccccc21. The maximum Gasteiger partial charge on any atom is 0.251 e. The van der Waals surface area contributed by atoms with Crippen molar-refractivity contribution in [3.8, 4) is 11.5 Å². The second kappa shape index (κ2) is 11.0. The minimum Gasteiger partial charge on any atom is -0.454 e. The van der Waals surface area contributed by atoms with E-state index in [2.05, 4.69) is 15.6 Å². The first kappa shape index (κ1) is 25.9. The Kier molecular flexibility index (Phi) is 6.99. The van der Waals surface area contributed by atoms with Gasteiger partial charge in [0.05, 0.1) is 5.52 Å². The number of nitrogens with zero attached hydrogens (tertiary/aromatic N) is 4. The highest BCUT2D eigenvalue weighted by Gasteiger charge is 2.33. The fourth-order valence-electron chi connectivity index (χ4n) is 4.72. The zero-order valence-corrected chi connectivity index (χ0v) is 21.5. The summed E-state index contributed by atoms with van der Waals surface area (Å²) in [7, 11) is 0. The van der Waals surface area contributed by atoms with E-state index in [9.17, 15) is 18.4 Å². The van der Waals surface area contributed by atoms with Crippen molar-refractivity contribution >= 4 is 28.5 Å². The molecule has 206 valence electrons. The van der Waals surface area contributed by atoms with E-state index in [4.69, 9.17) is 9.47 Å². The van der Waals surface area contributed by atoms with Crippen molar-refractivity contribution < 1.29 is 27.8 Å². The van der Waals surface area contributed by atoms with Crippen molar-refractivity contribution in [2.24, 2.45) is 0 Å². The molecule has 0 aliphatic carbocycles. The van der Waals surface area contributed by atoms with Gasteiger partial charge >= 0.3 is 0 Å². The van der Waals surface area contributed by atoms with Crippen LogP contribution in [-0.4, -0.2) is 38.5 Å². The van der Waals surface area contributed by atoms with Crippen LogP contribution in [-0.2, 0) is 22.7 Å². The number of para-hydroxylation sites is 1. The second-order valence-electron chi connectivity index (χ2n) is 9.36. The van der Waals surface area contributed by atoms with E-state index in [1.807, 2.05) is 0 Å².